The molecule has 9 heteroatoms. The highest BCUT2D eigenvalue weighted by Crippen LogP contribution is 2.32. The minimum absolute atomic E-state index is 0. The first-order valence-corrected chi connectivity index (χ1v) is 8.64. The van der Waals surface area contributed by atoms with Crippen LogP contribution < -0.4 is 0 Å². The van der Waals surface area contributed by atoms with Crippen LogP contribution in [-0.2, 0) is 0 Å². The zero-order valence-electron chi connectivity index (χ0n) is 14.3. The molecule has 3 heterocycles. The predicted molar refractivity (Wildman–Crippen MR) is 93.0 cm³/mol. The van der Waals surface area contributed by atoms with Crippen LogP contribution in [0.4, 0.5) is 13.2 Å². The van der Waals surface area contributed by atoms with Crippen LogP contribution in [0.3, 0.4) is 0 Å². The number of hydrogen-bond donors (Lipinski definition) is 1. The van der Waals surface area contributed by atoms with Crippen molar-refractivity contribution >= 4 is 16.9 Å². The van der Waals surface area contributed by atoms with Crippen LogP contribution in [0.25, 0.3) is 22.5 Å². The third-order valence-electron chi connectivity index (χ3n) is 4.56. The maximum absolute atomic E-state index is 12.7. The molecule has 1 saturated carbocycles. The fourth-order valence-corrected chi connectivity index (χ4v) is 2.97. The molecule has 0 unspecified atom stereocenters. The van der Waals surface area contributed by atoms with Crippen LogP contribution in [0, 0.1) is 5.92 Å². The summed E-state index contributed by atoms with van der Waals surface area (Å²) in [5.41, 5.74) is 1.37. The molecule has 3 aromatic heterocycles. The molecule has 0 bridgehead atoms. The van der Waals surface area contributed by atoms with E-state index in [1.54, 1.807) is 12.3 Å². The molecule has 4 rings (SSSR count). The number of aromatic nitrogens is 3. The number of nitrogens with zero attached hydrogens (tertiary/aromatic N) is 3. The molecule has 1 N–H and O–H groups in total. The second-order valence-electron chi connectivity index (χ2n) is 6.72. The van der Waals surface area contributed by atoms with Crippen molar-refractivity contribution in [3.05, 3.63) is 36.5 Å². The molecule has 6 nitrogen and oxygen atoms in total. The molecule has 3 aromatic rings. The number of H-pyrrole nitrogens is 1. The second kappa shape index (κ2) is 6.71. The number of fused-ring (bicyclic) bond motifs is 1. The number of alkyl halides is 3. The van der Waals surface area contributed by atoms with E-state index in [-0.39, 0.29) is 19.5 Å². The third-order valence-corrected chi connectivity index (χ3v) is 4.56. The number of aromatic amines is 1. The molecule has 0 atom stereocenters. The number of nitrogens with one attached hydrogen (secondary N) is 1. The van der Waals surface area contributed by atoms with Crippen molar-refractivity contribution in [3.8, 4) is 11.5 Å². The molecular formula is C18H19F3N4O2. The summed E-state index contributed by atoms with van der Waals surface area (Å²) in [6.45, 7) is -0.0140. The summed E-state index contributed by atoms with van der Waals surface area (Å²) in [4.78, 5) is 25.3. The minimum atomic E-state index is -4.30. The lowest BCUT2D eigenvalue weighted by Gasteiger charge is -2.22. The molecule has 0 aliphatic heterocycles. The van der Waals surface area contributed by atoms with Crippen molar-refractivity contribution in [1.82, 2.24) is 19.9 Å². The lowest BCUT2D eigenvalue weighted by Crippen LogP contribution is -2.35. The Morgan fingerprint density at radius 3 is 2.93 bits per heavy atom. The van der Waals surface area contributed by atoms with Crippen LogP contribution >= 0.6 is 0 Å². The third kappa shape index (κ3) is 3.96. The highest BCUT2D eigenvalue weighted by atomic mass is 19.4. The van der Waals surface area contributed by atoms with Crippen LogP contribution in [0.1, 0.15) is 31.0 Å². The van der Waals surface area contributed by atoms with Gasteiger partial charge in [0.1, 0.15) is 23.9 Å². The van der Waals surface area contributed by atoms with E-state index in [1.807, 2.05) is 0 Å². The van der Waals surface area contributed by atoms with Gasteiger partial charge in [0, 0.05) is 26.1 Å². The Bertz CT molecular complexity index is 965. The summed E-state index contributed by atoms with van der Waals surface area (Å²) in [5, 5.41) is 0.734. The summed E-state index contributed by atoms with van der Waals surface area (Å²) in [6.07, 6.45) is 0.924. The molecule has 1 aliphatic rings. The maximum atomic E-state index is 12.7. The van der Waals surface area contributed by atoms with Crippen molar-refractivity contribution in [2.45, 2.75) is 25.4 Å². The van der Waals surface area contributed by atoms with E-state index in [0.29, 0.717) is 23.6 Å². The van der Waals surface area contributed by atoms with E-state index < -0.39 is 18.5 Å². The number of hydrogen-bond acceptors (Lipinski definition) is 4. The highest BCUT2D eigenvalue weighted by Gasteiger charge is 2.32. The first-order chi connectivity index (χ1) is 12.9. The van der Waals surface area contributed by atoms with Gasteiger partial charge in [-0.15, -0.1) is 0 Å². The standard InChI is InChI=1S/C18H17F3N4O2.H2/c19-18(20,21)4-6-25(8-11-1-2-11)17(26)12-7-14(27-9-12)15-13-3-5-22-16(13)24-10-23-15;/h3,5,7,9-11H,1-2,4,6,8H2,(H,22,23,24);1H. The molecule has 1 aliphatic carbocycles. The number of rotatable bonds is 6. The summed E-state index contributed by atoms with van der Waals surface area (Å²) < 4.78 is 43.3. The topological polar surface area (TPSA) is 75.0 Å². The number of furan rings is 1. The number of carbonyl (C=O) groups is 1. The molecule has 0 aromatic carbocycles. The van der Waals surface area contributed by atoms with E-state index in [2.05, 4.69) is 15.0 Å². The van der Waals surface area contributed by atoms with Crippen molar-refractivity contribution < 1.29 is 23.8 Å². The largest absolute Gasteiger partial charge is 0.462 e. The average molecular weight is 380 g/mol. The van der Waals surface area contributed by atoms with Gasteiger partial charge in [0.05, 0.1) is 12.0 Å². The quantitative estimate of drug-likeness (QED) is 0.693. The van der Waals surface area contributed by atoms with Gasteiger partial charge in [-0.25, -0.2) is 9.97 Å². The first kappa shape index (κ1) is 17.6. The van der Waals surface area contributed by atoms with Crippen LogP contribution in [0.5, 0.6) is 0 Å². The van der Waals surface area contributed by atoms with Gasteiger partial charge in [-0.1, -0.05) is 0 Å². The molecule has 0 spiro atoms. The van der Waals surface area contributed by atoms with Gasteiger partial charge in [0.2, 0.25) is 0 Å². The Kier molecular flexibility index (Phi) is 4.37. The van der Waals surface area contributed by atoms with Crippen LogP contribution in [0.2, 0.25) is 0 Å². The van der Waals surface area contributed by atoms with E-state index >= 15 is 0 Å². The van der Waals surface area contributed by atoms with Crippen LogP contribution in [-0.4, -0.2) is 45.0 Å². The maximum Gasteiger partial charge on any atom is 0.390 e. The summed E-state index contributed by atoms with van der Waals surface area (Å²) in [7, 11) is 0. The van der Waals surface area contributed by atoms with Gasteiger partial charge in [-0.05, 0) is 30.9 Å². The molecule has 27 heavy (non-hydrogen) atoms. The van der Waals surface area contributed by atoms with Crippen molar-refractivity contribution in [1.29, 1.82) is 0 Å². The van der Waals surface area contributed by atoms with Crippen molar-refractivity contribution in [3.63, 3.8) is 0 Å². The van der Waals surface area contributed by atoms with Crippen molar-refractivity contribution in [2.75, 3.05) is 13.1 Å². The minimum Gasteiger partial charge on any atom is -0.462 e. The predicted octanol–water partition coefficient (Wildman–Crippen LogP) is 4.27. The van der Waals surface area contributed by atoms with Gasteiger partial charge >= 0.3 is 6.18 Å². The van der Waals surface area contributed by atoms with Crippen LogP contribution in [0.15, 0.2) is 35.3 Å². The second-order valence-corrected chi connectivity index (χ2v) is 6.72. The Morgan fingerprint density at radius 2 is 2.19 bits per heavy atom. The lowest BCUT2D eigenvalue weighted by molar-refractivity contribution is -0.136. The van der Waals surface area contributed by atoms with E-state index in [9.17, 15) is 18.0 Å². The monoisotopic (exact) mass is 380 g/mol. The van der Waals surface area contributed by atoms with Gasteiger partial charge in [0.15, 0.2) is 5.76 Å². The number of halogens is 3. The summed E-state index contributed by atoms with van der Waals surface area (Å²) in [5.74, 6) is 0.197. The Hall–Kier alpha value is -2.84. The zero-order valence-corrected chi connectivity index (χ0v) is 14.3. The number of carbonyl (C=O) groups excluding carboxylic acids is 1. The molecule has 1 fully saturated rings. The fourth-order valence-electron chi connectivity index (χ4n) is 2.97. The average Bonchev–Trinajstić information content (AvgIpc) is 3.11. The SMILES string of the molecule is O=C(c1coc(-c2ncnc3[nH]ccc23)c1)N(CCC(F)(F)F)CC1CC1.[HH]. The Morgan fingerprint density at radius 1 is 1.37 bits per heavy atom. The fraction of sp³-hybridized carbons (Fsp3) is 0.389. The Labute approximate surface area is 153 Å². The molecule has 144 valence electrons. The van der Waals surface area contributed by atoms with E-state index in [0.717, 1.165) is 18.2 Å². The molecule has 1 amide bonds. The van der Waals surface area contributed by atoms with Gasteiger partial charge < -0.3 is 14.3 Å². The van der Waals surface area contributed by atoms with Gasteiger partial charge in [0.25, 0.3) is 5.91 Å². The van der Waals surface area contributed by atoms with Gasteiger partial charge in [-0.3, -0.25) is 4.79 Å². The normalized spacial score (nSPS) is 14.6. The first-order valence-electron chi connectivity index (χ1n) is 8.64. The van der Waals surface area contributed by atoms with Gasteiger partial charge in [-0.2, -0.15) is 13.2 Å². The summed E-state index contributed by atoms with van der Waals surface area (Å²) >= 11 is 0. The molecule has 0 radical (unpaired) electrons. The Balaban J connectivity index is 0.00000225. The van der Waals surface area contributed by atoms with E-state index in [1.165, 1.54) is 23.6 Å². The van der Waals surface area contributed by atoms with Crippen molar-refractivity contribution in [2.24, 2.45) is 5.92 Å². The molecule has 0 saturated heterocycles. The van der Waals surface area contributed by atoms with E-state index in [4.69, 9.17) is 4.42 Å². The molecular weight excluding hydrogens is 361 g/mol. The highest BCUT2D eigenvalue weighted by molar-refractivity contribution is 5.96. The smallest absolute Gasteiger partial charge is 0.390 e. The summed E-state index contributed by atoms with van der Waals surface area (Å²) in [6, 6.07) is 3.31. The number of amides is 1. The zero-order chi connectivity index (χ0) is 19.0. The lowest BCUT2D eigenvalue weighted by atomic mass is 10.2.